The van der Waals surface area contributed by atoms with Crippen LogP contribution in [0.15, 0.2) is 88.4 Å². The third-order valence-electron chi connectivity index (χ3n) is 3.98. The van der Waals surface area contributed by atoms with Crippen LogP contribution in [0.25, 0.3) is 0 Å². The van der Waals surface area contributed by atoms with Crippen LogP contribution in [-0.2, 0) is 0 Å². The highest BCUT2D eigenvalue weighted by molar-refractivity contribution is 9.10. The lowest BCUT2D eigenvalue weighted by Crippen LogP contribution is -2.48. The normalized spacial score (nSPS) is 14.0. The topological polar surface area (TPSA) is 32.9 Å². The third kappa shape index (κ3) is 3.54. The average molecular weight is 427 g/mol. The molecule has 6 heteroatoms. The Morgan fingerprint density at radius 1 is 0.808 bits per heavy atom. The summed E-state index contributed by atoms with van der Waals surface area (Å²) in [5.74, 6) is 0.618. The lowest BCUT2D eigenvalue weighted by atomic mass is 10.2. The van der Waals surface area contributed by atoms with E-state index in [0.717, 1.165) is 21.4 Å². The van der Waals surface area contributed by atoms with Gasteiger partial charge in [0.05, 0.1) is 11.4 Å². The first-order valence-electron chi connectivity index (χ1n) is 8.11. The summed E-state index contributed by atoms with van der Waals surface area (Å²) in [6, 6.07) is 25.7. The van der Waals surface area contributed by atoms with Gasteiger partial charge in [-0.3, -0.25) is 0 Å². The number of benzene rings is 3. The fourth-order valence-electron chi connectivity index (χ4n) is 2.70. The Morgan fingerprint density at radius 2 is 1.42 bits per heavy atom. The van der Waals surface area contributed by atoms with Gasteiger partial charge in [0, 0.05) is 15.1 Å². The van der Waals surface area contributed by atoms with Gasteiger partial charge in [-0.1, -0.05) is 48.0 Å². The van der Waals surface area contributed by atoms with E-state index >= 15 is 0 Å². The first-order valence-corrected chi connectivity index (χ1v) is 9.29. The molecule has 0 N–H and O–H groups in total. The molecule has 3 aromatic carbocycles. The molecule has 0 unspecified atom stereocenters. The predicted molar refractivity (Wildman–Crippen MR) is 111 cm³/mol. The minimum Gasteiger partial charge on any atom is -0.242 e. The van der Waals surface area contributed by atoms with E-state index in [4.69, 9.17) is 22.1 Å². The first kappa shape index (κ1) is 16.9. The molecular formula is C20H15BrClN4. The minimum atomic E-state index is 0.530. The van der Waals surface area contributed by atoms with Crippen molar-refractivity contribution >= 4 is 44.7 Å². The molecule has 0 atom stereocenters. The van der Waals surface area contributed by atoms with E-state index in [-0.39, 0.29) is 0 Å². The molecule has 0 spiro atoms. The van der Waals surface area contributed by atoms with Gasteiger partial charge in [0.2, 0.25) is 5.84 Å². The molecule has 1 aliphatic rings. The zero-order valence-electron chi connectivity index (χ0n) is 13.8. The highest BCUT2D eigenvalue weighted by Crippen LogP contribution is 2.26. The Morgan fingerprint density at radius 3 is 2.04 bits per heavy atom. The zero-order chi connectivity index (χ0) is 17.9. The molecule has 4 rings (SSSR count). The van der Waals surface area contributed by atoms with Crippen LogP contribution in [0.4, 0.5) is 11.4 Å². The fourth-order valence-corrected chi connectivity index (χ4v) is 3.56. The number of nitrogens with zero attached hydrogens (tertiary/aromatic N) is 4. The van der Waals surface area contributed by atoms with Crippen LogP contribution in [0.5, 0.6) is 0 Å². The summed E-state index contributed by atoms with van der Waals surface area (Å²) < 4.78 is 0.857. The van der Waals surface area contributed by atoms with Gasteiger partial charge in [-0.05, 0) is 58.4 Å². The molecule has 0 aliphatic carbocycles. The molecule has 0 fully saturated rings. The molecule has 0 saturated carbocycles. The molecular weight excluding hydrogens is 412 g/mol. The van der Waals surface area contributed by atoms with Crippen molar-refractivity contribution < 1.29 is 0 Å². The van der Waals surface area contributed by atoms with Crippen molar-refractivity contribution in [2.45, 2.75) is 0 Å². The maximum atomic E-state index is 6.08. The summed E-state index contributed by atoms with van der Waals surface area (Å²) in [6.07, 6.45) is 0. The highest BCUT2D eigenvalue weighted by Gasteiger charge is 2.24. The third-order valence-corrected chi connectivity index (χ3v) is 4.87. The number of rotatable bonds is 3. The standard InChI is InChI=1S/C20H15BrClN4/c21-19-13-15(22)11-12-18(19)20-23-25(16-7-3-1-4-8-16)14-26(24-20)17-9-5-2-6-10-17/h1-13H,14H2. The van der Waals surface area contributed by atoms with Crippen molar-refractivity contribution in [2.24, 2.45) is 5.10 Å². The monoisotopic (exact) mass is 425 g/mol. The molecule has 1 aliphatic heterocycles. The van der Waals surface area contributed by atoms with Crippen molar-refractivity contribution in [3.05, 3.63) is 93.9 Å². The predicted octanol–water partition coefficient (Wildman–Crippen LogP) is 5.27. The number of halogens is 2. The van der Waals surface area contributed by atoms with E-state index in [0.29, 0.717) is 17.5 Å². The highest BCUT2D eigenvalue weighted by atomic mass is 79.9. The molecule has 0 aromatic heterocycles. The molecule has 3 aromatic rings. The molecule has 0 amide bonds. The summed E-state index contributed by atoms with van der Waals surface area (Å²) in [5, 5.41) is 9.30. The van der Waals surface area contributed by atoms with E-state index in [1.165, 1.54) is 0 Å². The molecule has 0 bridgehead atoms. The quantitative estimate of drug-likeness (QED) is 0.572. The SMILES string of the molecule is Clc1ccc(C2=NN(c3ccccc3)CN(c3ccccc3)[N]2)c(Br)c1. The zero-order valence-corrected chi connectivity index (χ0v) is 16.1. The van der Waals surface area contributed by atoms with Crippen LogP contribution >= 0.6 is 27.5 Å². The van der Waals surface area contributed by atoms with Gasteiger partial charge >= 0.3 is 0 Å². The second kappa shape index (κ2) is 7.40. The van der Waals surface area contributed by atoms with Gasteiger partial charge in [-0.25, -0.2) is 10.0 Å². The first-order chi connectivity index (χ1) is 12.7. The summed E-state index contributed by atoms with van der Waals surface area (Å²) in [5.41, 5.74) is 7.65. The number of anilines is 2. The van der Waals surface area contributed by atoms with Gasteiger partial charge in [-0.15, -0.1) is 10.5 Å². The number of para-hydroxylation sites is 2. The summed E-state index contributed by atoms with van der Waals surface area (Å²) >= 11 is 9.66. The molecule has 26 heavy (non-hydrogen) atoms. The van der Waals surface area contributed by atoms with E-state index in [9.17, 15) is 0 Å². The van der Waals surface area contributed by atoms with Crippen molar-refractivity contribution in [3.63, 3.8) is 0 Å². The Labute approximate surface area is 165 Å². The smallest absolute Gasteiger partial charge is 0.200 e. The second-order valence-electron chi connectivity index (χ2n) is 5.76. The Kier molecular flexibility index (Phi) is 4.82. The minimum absolute atomic E-state index is 0.530. The average Bonchev–Trinajstić information content (AvgIpc) is 2.69. The fraction of sp³-hybridized carbons (Fsp3) is 0.0500. The van der Waals surface area contributed by atoms with E-state index in [2.05, 4.69) is 15.9 Å². The summed E-state index contributed by atoms with van der Waals surface area (Å²) in [7, 11) is 0. The van der Waals surface area contributed by atoms with E-state index in [1.807, 2.05) is 88.9 Å². The van der Waals surface area contributed by atoms with Crippen LogP contribution in [0.2, 0.25) is 5.02 Å². The van der Waals surface area contributed by atoms with Gasteiger partial charge in [0.1, 0.15) is 6.67 Å². The summed E-state index contributed by atoms with van der Waals surface area (Å²) in [4.78, 5) is 0. The van der Waals surface area contributed by atoms with Crippen LogP contribution in [0.3, 0.4) is 0 Å². The maximum absolute atomic E-state index is 6.08. The Bertz CT molecular complexity index is 931. The van der Waals surface area contributed by atoms with Gasteiger partial charge < -0.3 is 0 Å². The molecule has 0 saturated heterocycles. The largest absolute Gasteiger partial charge is 0.242 e. The van der Waals surface area contributed by atoms with Crippen molar-refractivity contribution in [1.29, 1.82) is 0 Å². The van der Waals surface area contributed by atoms with Crippen molar-refractivity contribution in [1.82, 2.24) is 5.43 Å². The lowest BCUT2D eigenvalue weighted by Gasteiger charge is -2.34. The van der Waals surface area contributed by atoms with Crippen LogP contribution < -0.4 is 15.4 Å². The van der Waals surface area contributed by atoms with Crippen molar-refractivity contribution in [3.8, 4) is 0 Å². The van der Waals surface area contributed by atoms with Crippen LogP contribution in [0.1, 0.15) is 5.56 Å². The van der Waals surface area contributed by atoms with E-state index in [1.54, 1.807) is 0 Å². The maximum Gasteiger partial charge on any atom is 0.200 e. The Hall–Kier alpha value is -2.50. The lowest BCUT2D eigenvalue weighted by molar-refractivity contribution is 0.671. The molecule has 1 heterocycles. The number of hydrogen-bond donors (Lipinski definition) is 0. The molecule has 4 nitrogen and oxygen atoms in total. The summed E-state index contributed by atoms with van der Waals surface area (Å²) in [6.45, 7) is 0.530. The number of amidine groups is 1. The van der Waals surface area contributed by atoms with Gasteiger partial charge in [-0.2, -0.15) is 0 Å². The van der Waals surface area contributed by atoms with Crippen LogP contribution in [-0.4, -0.2) is 12.5 Å². The van der Waals surface area contributed by atoms with Gasteiger partial charge in [0.25, 0.3) is 0 Å². The second-order valence-corrected chi connectivity index (χ2v) is 7.05. The molecule has 129 valence electrons. The van der Waals surface area contributed by atoms with E-state index < -0.39 is 0 Å². The van der Waals surface area contributed by atoms with Gasteiger partial charge in [0.15, 0.2) is 0 Å². The van der Waals surface area contributed by atoms with Crippen LogP contribution in [0, 0.1) is 0 Å². The van der Waals surface area contributed by atoms with Crippen molar-refractivity contribution in [2.75, 3.05) is 16.7 Å². The number of hydrazone groups is 1. The Balaban J connectivity index is 1.76. The molecule has 1 radical (unpaired) electrons. The number of hydrogen-bond acceptors (Lipinski definition) is 3.